The summed E-state index contributed by atoms with van der Waals surface area (Å²) in [6.07, 6.45) is -4.72. The van der Waals surface area contributed by atoms with Gasteiger partial charge in [-0.3, -0.25) is 9.59 Å². The third-order valence-electron chi connectivity index (χ3n) is 3.18. The molecule has 0 bridgehead atoms. The summed E-state index contributed by atoms with van der Waals surface area (Å²) in [6, 6.07) is 9.27. The van der Waals surface area contributed by atoms with Crippen LogP contribution < -0.4 is 10.1 Å². The number of carbonyl (C=O) groups excluding carboxylic acids is 1. The zero-order valence-corrected chi connectivity index (χ0v) is 12.4. The molecule has 2 aromatic rings. The summed E-state index contributed by atoms with van der Waals surface area (Å²) in [5.74, 6) is -2.59. The summed E-state index contributed by atoms with van der Waals surface area (Å²) in [5, 5.41) is 11.3. The van der Waals surface area contributed by atoms with E-state index in [1.54, 1.807) is 24.3 Å². The molecule has 24 heavy (non-hydrogen) atoms. The first-order valence-corrected chi connectivity index (χ1v) is 7.03. The third kappa shape index (κ3) is 4.37. The highest BCUT2D eigenvalue weighted by Gasteiger charge is 2.38. The number of rotatable bonds is 6. The van der Waals surface area contributed by atoms with Crippen LogP contribution in [0.2, 0.25) is 0 Å². The highest BCUT2D eigenvalue weighted by molar-refractivity contribution is 6.05. The van der Waals surface area contributed by atoms with Crippen molar-refractivity contribution in [3.8, 4) is 5.75 Å². The monoisotopic (exact) mass is 341 g/mol. The summed E-state index contributed by atoms with van der Waals surface area (Å²) in [5.41, 5.74) is 0.0193. The zero-order valence-electron chi connectivity index (χ0n) is 12.4. The smallest absolute Gasteiger partial charge is 0.471 e. The van der Waals surface area contributed by atoms with E-state index >= 15 is 0 Å². The quantitative estimate of drug-likeness (QED) is 0.788. The molecule has 128 valence electrons. The van der Waals surface area contributed by atoms with E-state index in [0.29, 0.717) is 22.9 Å². The van der Waals surface area contributed by atoms with Gasteiger partial charge in [0.05, 0.1) is 6.61 Å². The molecule has 0 fully saturated rings. The molecule has 0 heterocycles. The van der Waals surface area contributed by atoms with Gasteiger partial charge in [-0.2, -0.15) is 13.2 Å². The number of carbonyl (C=O) groups is 2. The van der Waals surface area contributed by atoms with Crippen molar-refractivity contribution < 1.29 is 32.6 Å². The van der Waals surface area contributed by atoms with Crippen LogP contribution in [-0.4, -0.2) is 29.8 Å². The lowest BCUT2D eigenvalue weighted by molar-refractivity contribution is -0.167. The van der Waals surface area contributed by atoms with E-state index in [2.05, 4.69) is 0 Å². The number of halogens is 3. The molecule has 0 saturated heterocycles. The predicted octanol–water partition coefficient (Wildman–Crippen LogP) is 3.58. The topological polar surface area (TPSA) is 75.6 Å². The van der Waals surface area contributed by atoms with Gasteiger partial charge in [0.2, 0.25) is 0 Å². The number of benzene rings is 2. The number of hydrogen-bond donors (Lipinski definition) is 2. The van der Waals surface area contributed by atoms with Crippen molar-refractivity contribution in [2.75, 3.05) is 11.9 Å². The number of ether oxygens (including phenoxy) is 1. The number of fused-ring (bicyclic) bond motifs is 1. The number of anilines is 1. The first kappa shape index (κ1) is 17.6. The molecule has 0 spiro atoms. The molecule has 0 aliphatic rings. The summed E-state index contributed by atoms with van der Waals surface area (Å²) < 4.78 is 42.7. The first-order chi connectivity index (χ1) is 11.3. The number of hydrogen-bond acceptors (Lipinski definition) is 3. The Balaban J connectivity index is 2.23. The summed E-state index contributed by atoms with van der Waals surface area (Å²) in [4.78, 5) is 21.6. The van der Waals surface area contributed by atoms with Crippen LogP contribution in [0, 0.1) is 0 Å². The van der Waals surface area contributed by atoms with E-state index in [1.165, 1.54) is 12.1 Å². The predicted molar refractivity (Wildman–Crippen MR) is 81.0 cm³/mol. The van der Waals surface area contributed by atoms with Crippen molar-refractivity contribution in [1.29, 1.82) is 0 Å². The minimum atomic E-state index is -4.98. The van der Waals surface area contributed by atoms with Crippen LogP contribution in [0.3, 0.4) is 0 Å². The molecule has 8 heteroatoms. The van der Waals surface area contributed by atoms with E-state index in [-0.39, 0.29) is 18.7 Å². The average molecular weight is 341 g/mol. The van der Waals surface area contributed by atoms with E-state index in [0.717, 1.165) is 0 Å². The molecule has 1 amide bonds. The lowest BCUT2D eigenvalue weighted by atomic mass is 10.1. The Labute approximate surface area is 135 Å². The van der Waals surface area contributed by atoms with Gasteiger partial charge in [0.15, 0.2) is 0 Å². The van der Waals surface area contributed by atoms with E-state index in [9.17, 15) is 22.8 Å². The zero-order chi connectivity index (χ0) is 17.7. The minimum absolute atomic E-state index is 0.0193. The van der Waals surface area contributed by atoms with Crippen LogP contribution in [0.15, 0.2) is 36.4 Å². The molecule has 5 nitrogen and oxygen atoms in total. The molecule has 0 unspecified atom stereocenters. The maximum Gasteiger partial charge on any atom is 0.471 e. The highest BCUT2D eigenvalue weighted by atomic mass is 19.4. The Morgan fingerprint density at radius 3 is 2.38 bits per heavy atom. The van der Waals surface area contributed by atoms with Crippen LogP contribution in [-0.2, 0) is 9.59 Å². The summed E-state index contributed by atoms with van der Waals surface area (Å²) in [7, 11) is 0. The van der Waals surface area contributed by atoms with Gasteiger partial charge in [-0.25, -0.2) is 0 Å². The normalized spacial score (nSPS) is 11.3. The Bertz CT molecular complexity index is 759. The fraction of sp³-hybridized carbons (Fsp3) is 0.250. The molecule has 0 aliphatic carbocycles. The van der Waals surface area contributed by atoms with Gasteiger partial charge in [-0.15, -0.1) is 0 Å². The fourth-order valence-corrected chi connectivity index (χ4v) is 2.10. The second kappa shape index (κ2) is 7.20. The average Bonchev–Trinajstić information content (AvgIpc) is 2.52. The van der Waals surface area contributed by atoms with Crippen LogP contribution in [0.1, 0.15) is 12.8 Å². The maximum absolute atomic E-state index is 12.4. The van der Waals surface area contributed by atoms with E-state index in [1.807, 2.05) is 5.32 Å². The van der Waals surface area contributed by atoms with Crippen LogP contribution >= 0.6 is 0 Å². The lowest BCUT2D eigenvalue weighted by Crippen LogP contribution is -2.30. The molecule has 0 saturated carbocycles. The lowest BCUT2D eigenvalue weighted by Gasteiger charge is -2.14. The molecule has 2 N–H and O–H groups in total. The second-order valence-corrected chi connectivity index (χ2v) is 4.95. The SMILES string of the molecule is O=C(O)CCCOc1ccc(NC(=O)C(F)(F)F)c2ccccc12. The van der Waals surface area contributed by atoms with Gasteiger partial charge in [0.1, 0.15) is 5.75 Å². The Morgan fingerprint density at radius 2 is 1.75 bits per heavy atom. The number of carboxylic acids is 1. The van der Waals surface area contributed by atoms with Gasteiger partial charge in [0, 0.05) is 22.9 Å². The Kier molecular flexibility index (Phi) is 5.28. The van der Waals surface area contributed by atoms with E-state index < -0.39 is 18.1 Å². The maximum atomic E-state index is 12.4. The number of carboxylic acid groups (broad SMARTS) is 1. The molecule has 0 atom stereocenters. The van der Waals surface area contributed by atoms with Crippen molar-refractivity contribution in [3.05, 3.63) is 36.4 Å². The Hall–Kier alpha value is -2.77. The van der Waals surface area contributed by atoms with Crippen LogP contribution in [0.4, 0.5) is 18.9 Å². The Morgan fingerprint density at radius 1 is 1.08 bits per heavy atom. The van der Waals surface area contributed by atoms with Gasteiger partial charge in [-0.1, -0.05) is 24.3 Å². The van der Waals surface area contributed by atoms with Crippen molar-refractivity contribution in [3.63, 3.8) is 0 Å². The summed E-state index contributed by atoms with van der Waals surface area (Å²) in [6.45, 7) is 0.157. The number of amides is 1. The molecular formula is C16H14F3NO4. The molecule has 2 aromatic carbocycles. The fourth-order valence-electron chi connectivity index (χ4n) is 2.10. The standard InChI is InChI=1S/C16H14F3NO4/c17-16(18,19)15(23)20-12-7-8-13(24-9-3-6-14(21)22)11-5-2-1-4-10(11)12/h1-2,4-5,7-8H,3,6,9H2,(H,20,23)(H,21,22). The van der Waals surface area contributed by atoms with Gasteiger partial charge < -0.3 is 15.2 Å². The van der Waals surface area contributed by atoms with Gasteiger partial charge in [0.25, 0.3) is 0 Å². The number of alkyl halides is 3. The first-order valence-electron chi connectivity index (χ1n) is 7.03. The third-order valence-corrected chi connectivity index (χ3v) is 3.18. The molecule has 0 aliphatic heterocycles. The van der Waals surface area contributed by atoms with Crippen molar-refractivity contribution >= 4 is 28.3 Å². The molecular weight excluding hydrogens is 327 g/mol. The van der Waals surface area contributed by atoms with Crippen molar-refractivity contribution in [2.24, 2.45) is 0 Å². The van der Waals surface area contributed by atoms with E-state index in [4.69, 9.17) is 9.84 Å². The second-order valence-electron chi connectivity index (χ2n) is 4.95. The van der Waals surface area contributed by atoms with Gasteiger partial charge >= 0.3 is 18.1 Å². The minimum Gasteiger partial charge on any atom is -0.493 e. The van der Waals surface area contributed by atoms with Crippen LogP contribution in [0.5, 0.6) is 5.75 Å². The largest absolute Gasteiger partial charge is 0.493 e. The number of aliphatic carboxylic acids is 1. The van der Waals surface area contributed by atoms with Crippen molar-refractivity contribution in [1.82, 2.24) is 0 Å². The summed E-state index contributed by atoms with van der Waals surface area (Å²) >= 11 is 0. The highest BCUT2D eigenvalue weighted by Crippen LogP contribution is 2.32. The molecule has 0 radical (unpaired) electrons. The van der Waals surface area contributed by atoms with Crippen molar-refractivity contribution in [2.45, 2.75) is 19.0 Å². The van der Waals surface area contributed by atoms with Crippen LogP contribution in [0.25, 0.3) is 10.8 Å². The molecule has 2 rings (SSSR count). The van der Waals surface area contributed by atoms with Gasteiger partial charge in [-0.05, 0) is 18.6 Å². The number of nitrogens with one attached hydrogen (secondary N) is 1. The molecule has 0 aromatic heterocycles.